The van der Waals surface area contributed by atoms with E-state index < -0.39 is 10.0 Å². The minimum atomic E-state index is -3.06. The summed E-state index contributed by atoms with van der Waals surface area (Å²) >= 11 is 5.80. The zero-order valence-electron chi connectivity index (χ0n) is 7.79. The Bertz CT molecular complexity index is 249. The van der Waals surface area contributed by atoms with Gasteiger partial charge in [-0.15, -0.1) is 11.6 Å². The lowest BCUT2D eigenvalue weighted by atomic mass is 10.3. The van der Waals surface area contributed by atoms with Gasteiger partial charge in [0.1, 0.15) is 0 Å². The number of hydrogen-bond donors (Lipinski definition) is 1. The van der Waals surface area contributed by atoms with Crippen LogP contribution in [0.15, 0.2) is 0 Å². The molecule has 78 valence electrons. The van der Waals surface area contributed by atoms with Gasteiger partial charge in [-0.1, -0.05) is 6.92 Å². The molecule has 13 heavy (non-hydrogen) atoms. The summed E-state index contributed by atoms with van der Waals surface area (Å²) < 4.78 is 25.2. The van der Waals surface area contributed by atoms with Gasteiger partial charge in [0.15, 0.2) is 0 Å². The van der Waals surface area contributed by atoms with Crippen molar-refractivity contribution in [3.8, 4) is 0 Å². The number of halogens is 1. The largest absolute Gasteiger partial charge is 0.214 e. The third-order valence-electron chi connectivity index (χ3n) is 2.12. The van der Waals surface area contributed by atoms with Crippen LogP contribution in [0, 0.1) is 5.92 Å². The zero-order valence-corrected chi connectivity index (χ0v) is 9.37. The molecule has 1 fully saturated rings. The summed E-state index contributed by atoms with van der Waals surface area (Å²) in [5, 5.41) is -0.0889. The molecule has 1 N–H and O–H groups in total. The lowest BCUT2D eigenvalue weighted by Crippen LogP contribution is -2.32. The molecule has 0 aliphatic heterocycles. The van der Waals surface area contributed by atoms with E-state index in [-0.39, 0.29) is 11.1 Å². The molecule has 3 nitrogen and oxygen atoms in total. The van der Waals surface area contributed by atoms with Gasteiger partial charge in [0.25, 0.3) is 0 Å². The normalized spacial score (nSPS) is 20.2. The van der Waals surface area contributed by atoms with Gasteiger partial charge in [0.2, 0.25) is 10.0 Å². The molecule has 1 aliphatic carbocycles. The molecule has 1 aliphatic rings. The lowest BCUT2D eigenvalue weighted by Gasteiger charge is -2.08. The molecular weight excluding hydrogens is 210 g/mol. The van der Waals surface area contributed by atoms with Crippen molar-refractivity contribution in [2.24, 2.45) is 5.92 Å². The van der Waals surface area contributed by atoms with Gasteiger partial charge in [0.05, 0.1) is 5.75 Å². The fourth-order valence-corrected chi connectivity index (χ4v) is 2.71. The average molecular weight is 226 g/mol. The molecular formula is C8H16ClNO2S. The minimum absolute atomic E-state index is 0.0889. The Labute approximate surface area is 84.9 Å². The molecule has 5 heteroatoms. The van der Waals surface area contributed by atoms with Crippen LogP contribution < -0.4 is 4.72 Å². The van der Waals surface area contributed by atoms with Gasteiger partial charge in [-0.05, 0) is 25.2 Å². The minimum Gasteiger partial charge on any atom is -0.214 e. The van der Waals surface area contributed by atoms with Gasteiger partial charge in [-0.25, -0.2) is 13.1 Å². The first-order chi connectivity index (χ1) is 6.03. The predicted octanol–water partition coefficient (Wildman–Crippen LogP) is 1.33. The Morgan fingerprint density at radius 3 is 2.62 bits per heavy atom. The second-order valence-electron chi connectivity index (χ2n) is 3.58. The molecule has 0 radical (unpaired) electrons. The highest BCUT2D eigenvalue weighted by atomic mass is 35.5. The van der Waals surface area contributed by atoms with E-state index in [9.17, 15) is 8.42 Å². The third kappa shape index (κ3) is 4.84. The van der Waals surface area contributed by atoms with Crippen LogP contribution in [0.1, 0.15) is 26.2 Å². The fraction of sp³-hybridized carbons (Fsp3) is 1.00. The smallest absolute Gasteiger partial charge is 0.211 e. The number of rotatable bonds is 6. The Balaban J connectivity index is 2.24. The Morgan fingerprint density at radius 2 is 2.15 bits per heavy atom. The van der Waals surface area contributed by atoms with Crippen LogP contribution >= 0.6 is 11.6 Å². The summed E-state index contributed by atoms with van der Waals surface area (Å²) in [6, 6.07) is 0. The second-order valence-corrected chi connectivity index (χ2v) is 6.05. The van der Waals surface area contributed by atoms with Crippen LogP contribution in [-0.2, 0) is 10.0 Å². The van der Waals surface area contributed by atoms with E-state index in [4.69, 9.17) is 11.6 Å². The third-order valence-corrected chi connectivity index (χ3v) is 4.10. The highest BCUT2D eigenvalue weighted by Crippen LogP contribution is 2.29. The topological polar surface area (TPSA) is 46.2 Å². The monoisotopic (exact) mass is 225 g/mol. The lowest BCUT2D eigenvalue weighted by molar-refractivity contribution is 0.575. The van der Waals surface area contributed by atoms with E-state index in [1.165, 1.54) is 0 Å². The Morgan fingerprint density at radius 1 is 1.54 bits per heavy atom. The molecule has 0 aromatic rings. The maximum atomic E-state index is 11.3. The molecule has 0 spiro atoms. The first kappa shape index (κ1) is 11.3. The van der Waals surface area contributed by atoms with Crippen molar-refractivity contribution in [1.82, 2.24) is 4.72 Å². The van der Waals surface area contributed by atoms with E-state index in [0.29, 0.717) is 12.5 Å². The van der Waals surface area contributed by atoms with Crippen molar-refractivity contribution in [2.45, 2.75) is 31.6 Å². The Hall–Kier alpha value is 0.200. The SMILES string of the molecule is CCC(Cl)CNS(=O)(=O)CC1CC1. The molecule has 0 saturated heterocycles. The van der Waals surface area contributed by atoms with Gasteiger partial charge in [0, 0.05) is 11.9 Å². The van der Waals surface area contributed by atoms with Gasteiger partial charge in [-0.3, -0.25) is 0 Å². The summed E-state index contributed by atoms with van der Waals surface area (Å²) in [6.07, 6.45) is 2.89. The molecule has 1 unspecified atom stereocenters. The van der Waals surface area contributed by atoms with Gasteiger partial charge < -0.3 is 0 Å². The quantitative estimate of drug-likeness (QED) is 0.694. The van der Waals surface area contributed by atoms with E-state index in [2.05, 4.69) is 4.72 Å². The average Bonchev–Trinajstić information content (AvgIpc) is 2.83. The molecule has 0 aromatic heterocycles. The van der Waals surface area contributed by atoms with Crippen LogP contribution in [0.4, 0.5) is 0 Å². The molecule has 1 atom stereocenters. The molecule has 1 saturated carbocycles. The number of alkyl halides is 1. The fourth-order valence-electron chi connectivity index (χ4n) is 1.02. The van der Waals surface area contributed by atoms with Crippen LogP contribution in [0.25, 0.3) is 0 Å². The first-order valence-electron chi connectivity index (χ1n) is 4.65. The maximum absolute atomic E-state index is 11.3. The van der Waals surface area contributed by atoms with Gasteiger partial charge >= 0.3 is 0 Å². The summed E-state index contributed by atoms with van der Waals surface area (Å²) in [6.45, 7) is 2.29. The van der Waals surface area contributed by atoms with E-state index in [1.807, 2.05) is 6.92 Å². The second kappa shape index (κ2) is 4.62. The van der Waals surface area contributed by atoms with Gasteiger partial charge in [-0.2, -0.15) is 0 Å². The van der Waals surface area contributed by atoms with Crippen molar-refractivity contribution in [3.05, 3.63) is 0 Å². The molecule has 0 aromatic carbocycles. The summed E-state index contributed by atoms with van der Waals surface area (Å²) in [5.74, 6) is 0.674. The van der Waals surface area contributed by atoms with Crippen LogP contribution in [0.2, 0.25) is 0 Å². The van der Waals surface area contributed by atoms with E-state index in [1.54, 1.807) is 0 Å². The van der Waals surface area contributed by atoms with Crippen LogP contribution in [-0.4, -0.2) is 26.1 Å². The summed E-state index contributed by atoms with van der Waals surface area (Å²) in [7, 11) is -3.06. The van der Waals surface area contributed by atoms with Crippen LogP contribution in [0.3, 0.4) is 0 Å². The highest BCUT2D eigenvalue weighted by Gasteiger charge is 2.27. The van der Waals surface area contributed by atoms with Crippen molar-refractivity contribution in [2.75, 3.05) is 12.3 Å². The Kier molecular flexibility index (Phi) is 4.01. The standard InChI is InChI=1S/C8H16ClNO2S/c1-2-8(9)5-10-13(11,12)6-7-3-4-7/h7-8,10H,2-6H2,1H3. The van der Waals surface area contributed by atoms with Crippen molar-refractivity contribution >= 4 is 21.6 Å². The number of nitrogens with one attached hydrogen (secondary N) is 1. The van der Waals surface area contributed by atoms with Crippen LogP contribution in [0.5, 0.6) is 0 Å². The summed E-state index contributed by atoms with van der Waals surface area (Å²) in [5.41, 5.74) is 0. The number of hydrogen-bond acceptors (Lipinski definition) is 2. The zero-order chi connectivity index (χ0) is 9.90. The van der Waals surface area contributed by atoms with Crippen molar-refractivity contribution < 1.29 is 8.42 Å². The predicted molar refractivity (Wildman–Crippen MR) is 54.4 cm³/mol. The highest BCUT2D eigenvalue weighted by molar-refractivity contribution is 7.89. The van der Waals surface area contributed by atoms with E-state index in [0.717, 1.165) is 19.3 Å². The molecule has 1 rings (SSSR count). The van der Waals surface area contributed by atoms with Crippen molar-refractivity contribution in [3.63, 3.8) is 0 Å². The number of sulfonamides is 1. The summed E-state index contributed by atoms with van der Waals surface area (Å²) in [4.78, 5) is 0. The molecule has 0 amide bonds. The van der Waals surface area contributed by atoms with Crippen molar-refractivity contribution in [1.29, 1.82) is 0 Å². The first-order valence-corrected chi connectivity index (χ1v) is 6.73. The molecule has 0 heterocycles. The maximum Gasteiger partial charge on any atom is 0.211 e. The molecule has 0 bridgehead atoms. The van der Waals surface area contributed by atoms with E-state index >= 15 is 0 Å².